The van der Waals surface area contributed by atoms with Crippen LogP contribution in [0.25, 0.3) is 0 Å². The summed E-state index contributed by atoms with van der Waals surface area (Å²) in [5.74, 6) is 0.143. The van der Waals surface area contributed by atoms with Crippen molar-refractivity contribution < 1.29 is 14.3 Å². The number of benzene rings is 1. The van der Waals surface area contributed by atoms with Gasteiger partial charge >= 0.3 is 0 Å². The maximum atomic E-state index is 11.9. The highest BCUT2D eigenvalue weighted by Gasteiger charge is 2.15. The average Bonchev–Trinajstić information content (AvgIpc) is 2.75. The number of thiophene rings is 1. The second-order valence-corrected chi connectivity index (χ2v) is 6.32. The second kappa shape index (κ2) is 6.39. The van der Waals surface area contributed by atoms with Gasteiger partial charge in [0.25, 0.3) is 0 Å². The third kappa shape index (κ3) is 3.60. The van der Waals surface area contributed by atoms with Crippen LogP contribution in [0.1, 0.15) is 27.6 Å². The molecule has 2 rings (SSSR count). The van der Waals surface area contributed by atoms with Crippen LogP contribution in [-0.4, -0.2) is 18.2 Å². The molecule has 0 aliphatic rings. The van der Waals surface area contributed by atoms with Crippen LogP contribution in [0.3, 0.4) is 0 Å². The first-order valence-corrected chi connectivity index (χ1v) is 7.26. The Morgan fingerprint density at radius 1 is 1.25 bits per heavy atom. The third-order valence-corrected chi connectivity index (χ3v) is 4.06. The molecule has 0 saturated heterocycles. The Hall–Kier alpha value is -1.36. The summed E-state index contributed by atoms with van der Waals surface area (Å²) in [5.41, 5.74) is 0.885. The first-order chi connectivity index (χ1) is 9.47. The van der Waals surface area contributed by atoms with Crippen LogP contribution in [0.4, 0.5) is 0 Å². The zero-order valence-electron chi connectivity index (χ0n) is 10.5. The van der Waals surface area contributed by atoms with Gasteiger partial charge in [-0.25, -0.2) is 0 Å². The lowest BCUT2D eigenvalue weighted by molar-refractivity contribution is 0.0922. The zero-order valence-corrected chi connectivity index (χ0v) is 12.8. The van der Waals surface area contributed by atoms with E-state index in [-0.39, 0.29) is 18.2 Å². The van der Waals surface area contributed by atoms with Crippen molar-refractivity contribution in [1.29, 1.82) is 0 Å². The van der Waals surface area contributed by atoms with Crippen molar-refractivity contribution in [2.24, 2.45) is 0 Å². The molecular weight excluding hydrogens is 319 g/mol. The van der Waals surface area contributed by atoms with Gasteiger partial charge in [0.2, 0.25) is 5.78 Å². The summed E-state index contributed by atoms with van der Waals surface area (Å²) in [7, 11) is 0. The number of carbonyl (C=O) groups is 2. The fraction of sp³-hybridized carbons (Fsp3) is 0.143. The number of ketones is 2. The maximum absolute atomic E-state index is 11.9. The van der Waals surface area contributed by atoms with Crippen LogP contribution in [-0.2, 0) is 0 Å². The van der Waals surface area contributed by atoms with Gasteiger partial charge in [-0.05, 0) is 25.1 Å². The Labute approximate surface area is 130 Å². The van der Waals surface area contributed by atoms with Gasteiger partial charge in [0.05, 0.1) is 9.90 Å². The van der Waals surface area contributed by atoms with Gasteiger partial charge in [-0.3, -0.25) is 9.59 Å². The molecule has 0 saturated carbocycles. The molecule has 0 amide bonds. The Morgan fingerprint density at radius 3 is 2.60 bits per heavy atom. The maximum Gasteiger partial charge on any atom is 0.202 e. The van der Waals surface area contributed by atoms with Crippen LogP contribution < -0.4 is 4.74 Å². The molecule has 0 unspecified atom stereocenters. The highest BCUT2D eigenvalue weighted by Crippen LogP contribution is 2.31. The Bertz CT molecular complexity index is 664. The van der Waals surface area contributed by atoms with E-state index in [0.717, 1.165) is 11.3 Å². The van der Waals surface area contributed by atoms with Crippen LogP contribution in [0.5, 0.6) is 5.75 Å². The fourth-order valence-electron chi connectivity index (χ4n) is 1.56. The smallest absolute Gasteiger partial charge is 0.202 e. The highest BCUT2D eigenvalue weighted by atomic mass is 35.5. The molecule has 0 radical (unpaired) electrons. The van der Waals surface area contributed by atoms with Crippen molar-refractivity contribution in [3.63, 3.8) is 0 Å². The molecule has 0 atom stereocenters. The van der Waals surface area contributed by atoms with E-state index in [2.05, 4.69) is 0 Å². The standard InChI is InChI=1S/C14H10Cl2O3S/c1-8(17)9-3-2-4-10(5-9)19-7-12(18)11-6-13(15)20-14(11)16/h2-6H,7H2,1H3. The van der Waals surface area contributed by atoms with Gasteiger partial charge in [0, 0.05) is 5.56 Å². The number of hydrogen-bond donors (Lipinski definition) is 0. The van der Waals surface area contributed by atoms with Crippen LogP contribution >= 0.6 is 34.5 Å². The summed E-state index contributed by atoms with van der Waals surface area (Å²) in [5, 5.41) is 0. The summed E-state index contributed by atoms with van der Waals surface area (Å²) in [6.07, 6.45) is 0. The number of halogens is 2. The van der Waals surface area contributed by atoms with E-state index < -0.39 is 0 Å². The Morgan fingerprint density at radius 2 is 2.00 bits per heavy atom. The van der Waals surface area contributed by atoms with E-state index in [4.69, 9.17) is 27.9 Å². The first kappa shape index (κ1) is 15.0. The van der Waals surface area contributed by atoms with E-state index in [1.807, 2.05) is 0 Å². The molecule has 0 aliphatic heterocycles. The molecule has 0 aliphatic carbocycles. The Balaban J connectivity index is 2.05. The number of Topliss-reactive ketones (excluding diaryl/α,β-unsaturated/α-hetero) is 2. The lowest BCUT2D eigenvalue weighted by atomic mass is 10.1. The second-order valence-electron chi connectivity index (χ2n) is 4.03. The van der Waals surface area contributed by atoms with Crippen LogP contribution in [0, 0.1) is 0 Å². The van der Waals surface area contributed by atoms with E-state index in [1.54, 1.807) is 24.3 Å². The monoisotopic (exact) mass is 328 g/mol. The van der Waals surface area contributed by atoms with Crippen molar-refractivity contribution in [3.05, 3.63) is 50.1 Å². The summed E-state index contributed by atoms with van der Waals surface area (Å²) in [6, 6.07) is 8.18. The number of carbonyl (C=O) groups excluding carboxylic acids is 2. The fourth-order valence-corrected chi connectivity index (χ4v) is 3.06. The summed E-state index contributed by atoms with van der Waals surface area (Å²) in [4.78, 5) is 23.2. The number of ether oxygens (including phenoxy) is 1. The van der Waals surface area contributed by atoms with E-state index in [1.165, 1.54) is 13.0 Å². The molecule has 1 aromatic carbocycles. The molecule has 104 valence electrons. The number of hydrogen-bond acceptors (Lipinski definition) is 4. The first-order valence-electron chi connectivity index (χ1n) is 5.69. The minimum absolute atomic E-state index is 0.0607. The molecule has 3 nitrogen and oxygen atoms in total. The molecule has 0 bridgehead atoms. The molecule has 1 aromatic heterocycles. The van der Waals surface area contributed by atoms with E-state index in [9.17, 15) is 9.59 Å². The normalized spacial score (nSPS) is 10.3. The largest absolute Gasteiger partial charge is 0.485 e. The quantitative estimate of drug-likeness (QED) is 0.758. The minimum Gasteiger partial charge on any atom is -0.485 e. The van der Waals surface area contributed by atoms with Crippen molar-refractivity contribution >= 4 is 46.1 Å². The van der Waals surface area contributed by atoms with E-state index in [0.29, 0.717) is 25.5 Å². The highest BCUT2D eigenvalue weighted by molar-refractivity contribution is 7.20. The van der Waals surface area contributed by atoms with Crippen LogP contribution in [0.2, 0.25) is 8.67 Å². The number of rotatable bonds is 5. The van der Waals surface area contributed by atoms with Gasteiger partial charge in [-0.15, -0.1) is 11.3 Å². The summed E-state index contributed by atoms with van der Waals surface area (Å²) in [6.45, 7) is 1.31. The van der Waals surface area contributed by atoms with Gasteiger partial charge in [0.15, 0.2) is 12.4 Å². The lowest BCUT2D eigenvalue weighted by Gasteiger charge is -2.06. The predicted octanol–water partition coefficient (Wildman–Crippen LogP) is 4.52. The lowest BCUT2D eigenvalue weighted by Crippen LogP contribution is -2.11. The molecule has 0 N–H and O–H groups in total. The van der Waals surface area contributed by atoms with Gasteiger partial charge in [-0.2, -0.15) is 0 Å². The topological polar surface area (TPSA) is 43.4 Å². The molecule has 20 heavy (non-hydrogen) atoms. The zero-order chi connectivity index (χ0) is 14.7. The molecule has 0 spiro atoms. The van der Waals surface area contributed by atoms with Crippen molar-refractivity contribution in [3.8, 4) is 5.75 Å². The van der Waals surface area contributed by atoms with Gasteiger partial charge in [-0.1, -0.05) is 35.3 Å². The third-order valence-electron chi connectivity index (χ3n) is 2.57. The van der Waals surface area contributed by atoms with Gasteiger partial charge < -0.3 is 4.74 Å². The molecule has 2 aromatic rings. The van der Waals surface area contributed by atoms with E-state index >= 15 is 0 Å². The average molecular weight is 329 g/mol. The SMILES string of the molecule is CC(=O)c1cccc(OCC(=O)c2cc(Cl)sc2Cl)c1. The molecule has 0 fully saturated rings. The predicted molar refractivity (Wildman–Crippen MR) is 80.6 cm³/mol. The van der Waals surface area contributed by atoms with Crippen molar-refractivity contribution in [2.75, 3.05) is 6.61 Å². The summed E-state index contributed by atoms with van der Waals surface area (Å²) < 4.78 is 6.18. The van der Waals surface area contributed by atoms with Crippen molar-refractivity contribution in [2.45, 2.75) is 6.92 Å². The molecule has 6 heteroatoms. The van der Waals surface area contributed by atoms with Crippen molar-refractivity contribution in [1.82, 2.24) is 0 Å². The van der Waals surface area contributed by atoms with Gasteiger partial charge in [0.1, 0.15) is 10.1 Å². The van der Waals surface area contributed by atoms with Crippen LogP contribution in [0.15, 0.2) is 30.3 Å². The molecule has 1 heterocycles. The molecular formula is C14H10Cl2O3S. The minimum atomic E-state index is -0.258. The Kier molecular flexibility index (Phi) is 4.81. The summed E-state index contributed by atoms with van der Waals surface area (Å²) >= 11 is 12.8.